The Bertz CT molecular complexity index is 491. The number of aliphatic hydroxyl groups is 1. The van der Waals surface area contributed by atoms with Crippen molar-refractivity contribution in [2.45, 2.75) is 55.7 Å². The summed E-state index contributed by atoms with van der Waals surface area (Å²) in [5, 5.41) is 9.79. The van der Waals surface area contributed by atoms with Crippen molar-refractivity contribution in [2.75, 3.05) is 5.75 Å². The molecule has 2 bridgehead atoms. The molecule has 1 aromatic rings. The van der Waals surface area contributed by atoms with Crippen LogP contribution in [-0.4, -0.2) is 39.9 Å². The van der Waals surface area contributed by atoms with E-state index in [0.717, 1.165) is 25.7 Å². The first-order chi connectivity index (χ1) is 9.65. The molecule has 1 N–H and O–H groups in total. The first-order valence-corrected chi connectivity index (χ1v) is 8.31. The lowest BCUT2D eigenvalue weighted by atomic mass is 10.00. The highest BCUT2D eigenvalue weighted by Gasteiger charge is 2.42. The minimum absolute atomic E-state index is 0.208. The Morgan fingerprint density at radius 2 is 1.95 bits per heavy atom. The first kappa shape index (κ1) is 14.0. The maximum absolute atomic E-state index is 12.5. The summed E-state index contributed by atoms with van der Waals surface area (Å²) in [6.45, 7) is 2.08. The van der Waals surface area contributed by atoms with Gasteiger partial charge in [-0.05, 0) is 44.2 Å². The zero-order valence-corrected chi connectivity index (χ0v) is 12.6. The van der Waals surface area contributed by atoms with Gasteiger partial charge in [-0.3, -0.25) is 4.79 Å². The molecule has 1 aromatic carbocycles. The minimum Gasteiger partial charge on any atom is -0.393 e. The van der Waals surface area contributed by atoms with Crippen LogP contribution in [0.15, 0.2) is 29.2 Å². The van der Waals surface area contributed by atoms with E-state index in [-0.39, 0.29) is 24.1 Å². The number of carbonyl (C=O) groups is 1. The van der Waals surface area contributed by atoms with Crippen molar-refractivity contribution in [3.8, 4) is 0 Å². The molecule has 0 aromatic heterocycles. The third kappa shape index (κ3) is 2.72. The van der Waals surface area contributed by atoms with Crippen molar-refractivity contribution in [2.24, 2.45) is 0 Å². The largest absolute Gasteiger partial charge is 0.393 e. The molecule has 2 fully saturated rings. The SMILES string of the molecule is Cc1ccccc1SCC(=O)N1C2CCC1CC(O)C2. The number of benzene rings is 1. The van der Waals surface area contributed by atoms with E-state index < -0.39 is 0 Å². The molecule has 20 heavy (non-hydrogen) atoms. The van der Waals surface area contributed by atoms with Crippen molar-refractivity contribution in [1.29, 1.82) is 0 Å². The third-order valence-corrected chi connectivity index (χ3v) is 5.60. The second-order valence-corrected chi connectivity index (χ2v) is 6.88. The lowest BCUT2D eigenvalue weighted by molar-refractivity contribution is -0.134. The number of hydrogen-bond donors (Lipinski definition) is 1. The Morgan fingerprint density at radius 1 is 1.30 bits per heavy atom. The van der Waals surface area contributed by atoms with E-state index in [9.17, 15) is 9.90 Å². The fourth-order valence-electron chi connectivity index (χ4n) is 3.49. The summed E-state index contributed by atoms with van der Waals surface area (Å²) in [5.41, 5.74) is 1.22. The van der Waals surface area contributed by atoms with Crippen LogP contribution in [0.2, 0.25) is 0 Å². The van der Waals surface area contributed by atoms with Crippen LogP contribution in [-0.2, 0) is 4.79 Å². The Kier molecular flexibility index (Phi) is 4.03. The molecule has 108 valence electrons. The number of thioether (sulfide) groups is 1. The van der Waals surface area contributed by atoms with Crippen LogP contribution in [0.1, 0.15) is 31.2 Å². The number of aliphatic hydroxyl groups excluding tert-OH is 1. The van der Waals surface area contributed by atoms with Gasteiger partial charge in [0.1, 0.15) is 0 Å². The van der Waals surface area contributed by atoms with Crippen LogP contribution in [0.4, 0.5) is 0 Å². The van der Waals surface area contributed by atoms with E-state index in [0.29, 0.717) is 5.75 Å². The lowest BCUT2D eigenvalue weighted by Crippen LogP contribution is -2.48. The molecule has 2 saturated heterocycles. The fourth-order valence-corrected chi connectivity index (χ4v) is 4.39. The molecule has 0 radical (unpaired) electrons. The van der Waals surface area contributed by atoms with E-state index in [2.05, 4.69) is 24.0 Å². The molecule has 2 aliphatic heterocycles. The summed E-state index contributed by atoms with van der Waals surface area (Å²) in [4.78, 5) is 15.7. The Hall–Kier alpha value is -1.00. The van der Waals surface area contributed by atoms with Gasteiger partial charge >= 0.3 is 0 Å². The molecule has 4 heteroatoms. The number of hydrogen-bond acceptors (Lipinski definition) is 3. The van der Waals surface area contributed by atoms with Crippen LogP contribution in [0.3, 0.4) is 0 Å². The highest BCUT2D eigenvalue weighted by atomic mass is 32.2. The summed E-state index contributed by atoms with van der Waals surface area (Å²) in [6.07, 6.45) is 3.43. The molecule has 2 unspecified atom stereocenters. The van der Waals surface area contributed by atoms with Crippen LogP contribution in [0.25, 0.3) is 0 Å². The summed E-state index contributed by atoms with van der Waals surface area (Å²) < 4.78 is 0. The molecular formula is C16H21NO2S. The van der Waals surface area contributed by atoms with Gasteiger partial charge in [0.15, 0.2) is 0 Å². The highest BCUT2D eigenvalue weighted by molar-refractivity contribution is 8.00. The molecule has 1 amide bonds. The van der Waals surface area contributed by atoms with Gasteiger partial charge in [-0.25, -0.2) is 0 Å². The van der Waals surface area contributed by atoms with Gasteiger partial charge in [0, 0.05) is 17.0 Å². The molecule has 0 aliphatic carbocycles. The lowest BCUT2D eigenvalue weighted by Gasteiger charge is -2.37. The molecular weight excluding hydrogens is 270 g/mol. The topological polar surface area (TPSA) is 40.5 Å². The quantitative estimate of drug-likeness (QED) is 0.870. The smallest absolute Gasteiger partial charge is 0.233 e. The average Bonchev–Trinajstić information content (AvgIpc) is 2.70. The van der Waals surface area contributed by atoms with Crippen LogP contribution >= 0.6 is 11.8 Å². The van der Waals surface area contributed by atoms with Crippen molar-refractivity contribution < 1.29 is 9.90 Å². The number of piperidine rings is 1. The zero-order valence-electron chi connectivity index (χ0n) is 11.8. The molecule has 3 rings (SSSR count). The second kappa shape index (κ2) is 5.78. The van der Waals surface area contributed by atoms with Crippen LogP contribution in [0.5, 0.6) is 0 Å². The normalized spacial score (nSPS) is 28.7. The minimum atomic E-state index is -0.208. The Morgan fingerprint density at radius 3 is 2.60 bits per heavy atom. The first-order valence-electron chi connectivity index (χ1n) is 7.33. The standard InChI is InChI=1S/C16H21NO2S/c1-11-4-2-3-5-15(11)20-10-16(19)17-12-6-7-13(17)9-14(18)8-12/h2-5,12-14,18H,6-10H2,1H3. The Balaban J connectivity index is 1.62. The van der Waals surface area contributed by atoms with Gasteiger partial charge < -0.3 is 10.0 Å². The summed E-state index contributed by atoms with van der Waals surface area (Å²) in [6, 6.07) is 8.73. The van der Waals surface area contributed by atoms with E-state index in [1.54, 1.807) is 11.8 Å². The van der Waals surface area contributed by atoms with E-state index >= 15 is 0 Å². The van der Waals surface area contributed by atoms with E-state index in [4.69, 9.17) is 0 Å². The number of fused-ring (bicyclic) bond motifs is 2. The van der Waals surface area contributed by atoms with Gasteiger partial charge in [-0.15, -0.1) is 11.8 Å². The van der Waals surface area contributed by atoms with Crippen molar-refractivity contribution in [3.63, 3.8) is 0 Å². The molecule has 0 spiro atoms. The number of carbonyl (C=O) groups excluding carboxylic acids is 1. The predicted molar refractivity (Wildman–Crippen MR) is 80.8 cm³/mol. The maximum Gasteiger partial charge on any atom is 0.233 e. The second-order valence-electron chi connectivity index (χ2n) is 5.87. The number of rotatable bonds is 3. The number of aryl methyl sites for hydroxylation is 1. The van der Waals surface area contributed by atoms with Crippen LogP contribution < -0.4 is 0 Å². The monoisotopic (exact) mass is 291 g/mol. The highest BCUT2D eigenvalue weighted by Crippen LogP contribution is 2.36. The molecule has 2 aliphatic rings. The number of amides is 1. The maximum atomic E-state index is 12.5. The molecule has 2 heterocycles. The van der Waals surface area contributed by atoms with Gasteiger partial charge in [0.25, 0.3) is 0 Å². The third-order valence-electron chi connectivity index (χ3n) is 4.44. The summed E-state index contributed by atoms with van der Waals surface area (Å²) >= 11 is 1.63. The molecule has 3 nitrogen and oxygen atoms in total. The number of nitrogens with zero attached hydrogens (tertiary/aromatic N) is 1. The van der Waals surface area contributed by atoms with E-state index in [1.807, 2.05) is 12.1 Å². The van der Waals surface area contributed by atoms with Crippen molar-refractivity contribution in [1.82, 2.24) is 4.90 Å². The van der Waals surface area contributed by atoms with Crippen molar-refractivity contribution >= 4 is 17.7 Å². The van der Waals surface area contributed by atoms with Gasteiger partial charge in [-0.1, -0.05) is 18.2 Å². The van der Waals surface area contributed by atoms with Gasteiger partial charge in [0.05, 0.1) is 11.9 Å². The fraction of sp³-hybridized carbons (Fsp3) is 0.562. The summed E-state index contributed by atoms with van der Waals surface area (Å²) in [5.74, 6) is 0.742. The average molecular weight is 291 g/mol. The summed E-state index contributed by atoms with van der Waals surface area (Å²) in [7, 11) is 0. The van der Waals surface area contributed by atoms with Crippen molar-refractivity contribution in [3.05, 3.63) is 29.8 Å². The predicted octanol–water partition coefficient (Wildman–Crippen LogP) is 2.60. The van der Waals surface area contributed by atoms with Crippen LogP contribution in [0, 0.1) is 6.92 Å². The van der Waals surface area contributed by atoms with E-state index in [1.165, 1.54) is 10.5 Å². The molecule has 2 atom stereocenters. The van der Waals surface area contributed by atoms with Gasteiger partial charge in [-0.2, -0.15) is 0 Å². The zero-order chi connectivity index (χ0) is 14.1. The Labute approximate surface area is 124 Å². The molecule has 0 saturated carbocycles. The van der Waals surface area contributed by atoms with Gasteiger partial charge in [0.2, 0.25) is 5.91 Å².